The van der Waals surface area contributed by atoms with E-state index in [0.29, 0.717) is 41.0 Å². The van der Waals surface area contributed by atoms with Crippen LogP contribution in [0.4, 0.5) is 11.6 Å². The molecule has 10 heteroatoms. The molecule has 0 saturated heterocycles. The molecule has 3 N–H and O–H groups in total. The zero-order valence-corrected chi connectivity index (χ0v) is 18.0. The maximum absolute atomic E-state index is 12.9. The van der Waals surface area contributed by atoms with Gasteiger partial charge in [-0.15, -0.1) is 11.3 Å². The smallest absolute Gasteiger partial charge is 0.277 e. The molecule has 160 valence electrons. The van der Waals surface area contributed by atoms with Crippen LogP contribution in [-0.2, 0) is 17.8 Å². The Kier molecular flexibility index (Phi) is 5.99. The van der Waals surface area contributed by atoms with Gasteiger partial charge in [0.1, 0.15) is 5.75 Å². The van der Waals surface area contributed by atoms with E-state index in [4.69, 9.17) is 4.74 Å². The van der Waals surface area contributed by atoms with Crippen LogP contribution in [0.2, 0.25) is 0 Å². The molecule has 0 bridgehead atoms. The molecule has 1 amide bonds. The van der Waals surface area contributed by atoms with Gasteiger partial charge in [-0.25, -0.2) is 4.98 Å². The molecule has 3 heterocycles. The highest BCUT2D eigenvalue weighted by Gasteiger charge is 2.15. The van der Waals surface area contributed by atoms with Crippen LogP contribution in [0, 0.1) is 6.92 Å². The molecule has 31 heavy (non-hydrogen) atoms. The third-order valence-corrected chi connectivity index (χ3v) is 5.64. The lowest BCUT2D eigenvalue weighted by Crippen LogP contribution is -2.23. The maximum Gasteiger partial charge on any atom is 0.277 e. The quantitative estimate of drug-likeness (QED) is 0.390. The van der Waals surface area contributed by atoms with Crippen LogP contribution < -0.4 is 20.9 Å². The summed E-state index contributed by atoms with van der Waals surface area (Å²) in [5.74, 6) is 1.22. The van der Waals surface area contributed by atoms with Gasteiger partial charge in [-0.3, -0.25) is 14.7 Å². The number of rotatable bonds is 8. The highest BCUT2D eigenvalue weighted by Crippen LogP contribution is 2.17. The Morgan fingerprint density at radius 1 is 1.26 bits per heavy atom. The Labute approximate surface area is 182 Å². The van der Waals surface area contributed by atoms with Crippen LogP contribution >= 0.6 is 11.3 Å². The number of amides is 1. The molecule has 1 aromatic carbocycles. The summed E-state index contributed by atoms with van der Waals surface area (Å²) in [5, 5.41) is 10.9. The fraction of sp³-hybridized carbons (Fsp3) is 0.238. The average molecular weight is 439 g/mol. The highest BCUT2D eigenvalue weighted by atomic mass is 32.1. The molecule has 0 atom stereocenters. The molecule has 0 saturated carbocycles. The van der Waals surface area contributed by atoms with E-state index in [0.717, 1.165) is 4.88 Å². The van der Waals surface area contributed by atoms with Crippen molar-refractivity contribution in [3.05, 3.63) is 68.3 Å². The lowest BCUT2D eigenvalue weighted by molar-refractivity contribution is -0.116. The molecule has 0 fully saturated rings. The van der Waals surface area contributed by atoms with Gasteiger partial charge in [-0.2, -0.15) is 9.50 Å². The summed E-state index contributed by atoms with van der Waals surface area (Å²) in [5.41, 5.74) is 1.43. The van der Waals surface area contributed by atoms with Crippen molar-refractivity contribution in [3.8, 4) is 5.75 Å². The number of anilines is 2. The molecule has 4 aromatic rings. The predicted molar refractivity (Wildman–Crippen MR) is 120 cm³/mol. The molecule has 0 aliphatic heterocycles. The number of fused-ring (bicyclic) bond motifs is 1. The lowest BCUT2D eigenvalue weighted by Gasteiger charge is -2.08. The van der Waals surface area contributed by atoms with Crippen LogP contribution in [0.15, 0.2) is 46.6 Å². The van der Waals surface area contributed by atoms with Crippen molar-refractivity contribution in [1.82, 2.24) is 19.6 Å². The number of aromatic amines is 1. The summed E-state index contributed by atoms with van der Waals surface area (Å²) >= 11 is 1.64. The predicted octanol–water partition coefficient (Wildman–Crippen LogP) is 2.98. The van der Waals surface area contributed by atoms with Crippen molar-refractivity contribution >= 4 is 34.7 Å². The number of thiophene rings is 1. The first-order valence-corrected chi connectivity index (χ1v) is 10.6. The second-order valence-electron chi connectivity index (χ2n) is 6.90. The molecule has 9 nitrogen and oxygen atoms in total. The van der Waals surface area contributed by atoms with Crippen molar-refractivity contribution < 1.29 is 9.53 Å². The molecule has 3 aromatic heterocycles. The van der Waals surface area contributed by atoms with Crippen molar-refractivity contribution in [2.45, 2.75) is 26.3 Å². The number of aromatic nitrogens is 4. The topological polar surface area (TPSA) is 113 Å². The second kappa shape index (κ2) is 9.00. The number of methoxy groups -OCH3 is 1. The van der Waals surface area contributed by atoms with E-state index in [1.165, 1.54) is 4.52 Å². The van der Waals surface area contributed by atoms with E-state index in [2.05, 4.69) is 25.7 Å². The van der Waals surface area contributed by atoms with Gasteiger partial charge < -0.3 is 15.4 Å². The van der Waals surface area contributed by atoms with Gasteiger partial charge in [0, 0.05) is 28.6 Å². The van der Waals surface area contributed by atoms with Gasteiger partial charge in [-0.05, 0) is 36.9 Å². The number of nitrogens with one attached hydrogen (secondary N) is 3. The Morgan fingerprint density at radius 2 is 2.13 bits per heavy atom. The minimum atomic E-state index is -0.256. The number of H-pyrrole nitrogens is 1. The number of carbonyl (C=O) groups is 1. The van der Waals surface area contributed by atoms with Crippen molar-refractivity contribution in [2.75, 3.05) is 17.7 Å². The first-order chi connectivity index (χ1) is 15.0. The van der Waals surface area contributed by atoms with E-state index in [1.54, 1.807) is 49.6 Å². The van der Waals surface area contributed by atoms with Crippen molar-refractivity contribution in [1.29, 1.82) is 0 Å². The molecule has 0 spiro atoms. The van der Waals surface area contributed by atoms with E-state index in [9.17, 15) is 9.59 Å². The third kappa shape index (κ3) is 4.75. The number of hydrogen-bond acceptors (Lipinski definition) is 7. The number of ether oxygens (including phenoxy) is 1. The van der Waals surface area contributed by atoms with Crippen molar-refractivity contribution in [2.24, 2.45) is 0 Å². The minimum absolute atomic E-state index is 0.151. The summed E-state index contributed by atoms with van der Waals surface area (Å²) in [4.78, 5) is 35.2. The number of benzene rings is 1. The van der Waals surface area contributed by atoms with Crippen LogP contribution in [0.3, 0.4) is 0 Å². The van der Waals surface area contributed by atoms with Gasteiger partial charge >= 0.3 is 0 Å². The van der Waals surface area contributed by atoms with Crippen LogP contribution in [0.5, 0.6) is 5.75 Å². The minimum Gasteiger partial charge on any atom is -0.497 e. The first-order valence-electron chi connectivity index (χ1n) is 9.72. The molecule has 0 radical (unpaired) electrons. The largest absolute Gasteiger partial charge is 0.497 e. The lowest BCUT2D eigenvalue weighted by atomic mass is 10.1. The number of aryl methyl sites for hydroxylation is 1. The van der Waals surface area contributed by atoms with Gasteiger partial charge in [0.15, 0.2) is 0 Å². The normalized spacial score (nSPS) is 10.9. The fourth-order valence-corrected chi connectivity index (χ4v) is 3.81. The third-order valence-electron chi connectivity index (χ3n) is 4.76. The van der Waals surface area contributed by atoms with E-state index < -0.39 is 0 Å². The van der Waals surface area contributed by atoms with E-state index in [1.807, 2.05) is 17.5 Å². The Bertz CT molecular complexity index is 1260. The van der Waals surface area contributed by atoms with E-state index >= 15 is 0 Å². The summed E-state index contributed by atoms with van der Waals surface area (Å²) in [7, 11) is 1.57. The number of carbonyl (C=O) groups excluding carboxylic acids is 1. The van der Waals surface area contributed by atoms with Gasteiger partial charge in [-0.1, -0.05) is 12.1 Å². The Balaban J connectivity index is 1.45. The zero-order chi connectivity index (χ0) is 21.8. The van der Waals surface area contributed by atoms with Gasteiger partial charge in [0.05, 0.1) is 19.3 Å². The Morgan fingerprint density at radius 3 is 2.90 bits per heavy atom. The summed E-state index contributed by atoms with van der Waals surface area (Å²) in [6, 6.07) is 11.1. The monoisotopic (exact) mass is 438 g/mol. The van der Waals surface area contributed by atoms with Gasteiger partial charge in [0.2, 0.25) is 11.9 Å². The zero-order valence-electron chi connectivity index (χ0n) is 17.1. The maximum atomic E-state index is 12.9. The Hall–Kier alpha value is -3.66. The fourth-order valence-electron chi connectivity index (χ4n) is 3.17. The van der Waals surface area contributed by atoms with Crippen LogP contribution in [0.25, 0.3) is 5.78 Å². The van der Waals surface area contributed by atoms with Crippen molar-refractivity contribution in [3.63, 3.8) is 0 Å². The highest BCUT2D eigenvalue weighted by molar-refractivity contribution is 7.09. The SMILES string of the molecule is COc1cccc(NC(=O)CCc2c(C)nc3nc(NCc4cccs4)[nH]n3c2=O)c1. The summed E-state index contributed by atoms with van der Waals surface area (Å²) in [6.07, 6.45) is 0.423. The standard InChI is InChI=1S/C21H22N6O3S/c1-13-17(8-9-18(28)24-14-5-3-6-15(11-14)30-2)19(29)27-21(23-13)25-20(26-27)22-12-16-7-4-10-31-16/h3-7,10-11H,8-9,12H2,1-2H3,(H,24,28)(H2,22,23,25,26). The second-order valence-corrected chi connectivity index (χ2v) is 7.93. The first kappa shape index (κ1) is 20.6. The molecule has 0 aliphatic carbocycles. The van der Waals surface area contributed by atoms with E-state index in [-0.39, 0.29) is 24.3 Å². The molecular weight excluding hydrogens is 416 g/mol. The molecule has 0 aliphatic rings. The number of hydrogen-bond donors (Lipinski definition) is 3. The summed E-state index contributed by atoms with van der Waals surface area (Å²) in [6.45, 7) is 2.35. The van der Waals surface area contributed by atoms with Crippen LogP contribution in [0.1, 0.15) is 22.6 Å². The van der Waals surface area contributed by atoms with Gasteiger partial charge in [0.25, 0.3) is 11.3 Å². The molecular formula is C21H22N6O3S. The average Bonchev–Trinajstić information content (AvgIpc) is 3.42. The molecule has 4 rings (SSSR count). The molecule has 0 unspecified atom stereocenters. The number of nitrogens with zero attached hydrogens (tertiary/aromatic N) is 3. The van der Waals surface area contributed by atoms with Crippen LogP contribution in [-0.4, -0.2) is 32.6 Å². The summed E-state index contributed by atoms with van der Waals surface area (Å²) < 4.78 is 6.47.